The molecule has 152 valence electrons. The van der Waals surface area contributed by atoms with Crippen molar-refractivity contribution in [3.8, 4) is 5.75 Å². The minimum atomic E-state index is -0.133. The van der Waals surface area contributed by atoms with E-state index in [1.807, 2.05) is 48.9 Å². The summed E-state index contributed by atoms with van der Waals surface area (Å²) in [7, 11) is 0. The monoisotopic (exact) mass is 429 g/mol. The highest BCUT2D eigenvalue weighted by molar-refractivity contribution is 7.99. The van der Waals surface area contributed by atoms with Crippen LogP contribution in [0.4, 0.5) is 5.13 Å². The van der Waals surface area contributed by atoms with E-state index in [0.717, 1.165) is 22.6 Å². The van der Waals surface area contributed by atoms with Crippen molar-refractivity contribution in [3.63, 3.8) is 0 Å². The summed E-state index contributed by atoms with van der Waals surface area (Å²) in [5.74, 6) is 1.62. The Labute approximate surface area is 178 Å². The van der Waals surface area contributed by atoms with E-state index in [-0.39, 0.29) is 18.3 Å². The SMILES string of the molecule is C=CCn1c(COc2c(C)cccc2C)nnc1SCC(=O)Nc1nc(C)cs1. The van der Waals surface area contributed by atoms with Gasteiger partial charge in [0.25, 0.3) is 0 Å². The van der Waals surface area contributed by atoms with E-state index in [0.29, 0.717) is 22.7 Å². The van der Waals surface area contributed by atoms with Gasteiger partial charge in [0.15, 0.2) is 16.1 Å². The number of carbonyl (C=O) groups excluding carboxylic acids is 1. The molecule has 0 bridgehead atoms. The molecule has 0 radical (unpaired) electrons. The van der Waals surface area contributed by atoms with Gasteiger partial charge in [-0.2, -0.15) is 0 Å². The predicted molar refractivity (Wildman–Crippen MR) is 117 cm³/mol. The fourth-order valence-electron chi connectivity index (χ4n) is 2.71. The minimum Gasteiger partial charge on any atom is -0.485 e. The maximum atomic E-state index is 12.2. The zero-order chi connectivity index (χ0) is 20.8. The Morgan fingerprint density at radius 3 is 2.72 bits per heavy atom. The first-order chi connectivity index (χ1) is 14.0. The first-order valence-corrected chi connectivity index (χ1v) is 10.9. The number of hydrogen-bond donors (Lipinski definition) is 1. The summed E-state index contributed by atoms with van der Waals surface area (Å²) in [5, 5.41) is 14.4. The Morgan fingerprint density at radius 1 is 1.31 bits per heavy atom. The number of rotatable bonds is 9. The molecule has 3 aromatic rings. The number of allylic oxidation sites excluding steroid dienone is 1. The third-order valence-electron chi connectivity index (χ3n) is 4.06. The van der Waals surface area contributed by atoms with Crippen LogP contribution in [-0.2, 0) is 17.9 Å². The van der Waals surface area contributed by atoms with E-state index in [9.17, 15) is 4.79 Å². The van der Waals surface area contributed by atoms with Gasteiger partial charge in [-0.1, -0.05) is 36.0 Å². The number of thiazole rings is 1. The van der Waals surface area contributed by atoms with Crippen molar-refractivity contribution >= 4 is 34.1 Å². The van der Waals surface area contributed by atoms with Gasteiger partial charge in [-0.25, -0.2) is 4.98 Å². The van der Waals surface area contributed by atoms with Gasteiger partial charge in [0, 0.05) is 11.9 Å². The second-order valence-corrected chi connectivity index (χ2v) is 8.24. The van der Waals surface area contributed by atoms with E-state index >= 15 is 0 Å². The molecule has 2 aromatic heterocycles. The van der Waals surface area contributed by atoms with Crippen molar-refractivity contribution in [1.29, 1.82) is 0 Å². The summed E-state index contributed by atoms with van der Waals surface area (Å²) in [6.45, 7) is 10.5. The molecule has 0 aliphatic heterocycles. The molecular formula is C20H23N5O2S2. The number of aryl methyl sites for hydroxylation is 3. The van der Waals surface area contributed by atoms with E-state index in [1.54, 1.807) is 6.08 Å². The maximum absolute atomic E-state index is 12.2. The average molecular weight is 430 g/mol. The number of thioether (sulfide) groups is 1. The maximum Gasteiger partial charge on any atom is 0.236 e. The Morgan fingerprint density at radius 2 is 2.07 bits per heavy atom. The Hall–Kier alpha value is -2.65. The van der Waals surface area contributed by atoms with Crippen molar-refractivity contribution < 1.29 is 9.53 Å². The largest absolute Gasteiger partial charge is 0.485 e. The smallest absolute Gasteiger partial charge is 0.236 e. The zero-order valence-electron chi connectivity index (χ0n) is 16.6. The molecule has 3 rings (SSSR count). The van der Waals surface area contributed by atoms with Crippen molar-refractivity contribution in [3.05, 3.63) is 58.9 Å². The normalized spacial score (nSPS) is 10.7. The van der Waals surface area contributed by atoms with Gasteiger partial charge in [-0.05, 0) is 31.9 Å². The van der Waals surface area contributed by atoms with Gasteiger partial charge in [-0.15, -0.1) is 28.1 Å². The minimum absolute atomic E-state index is 0.133. The molecule has 0 aliphatic rings. The van der Waals surface area contributed by atoms with E-state index in [4.69, 9.17) is 4.74 Å². The lowest BCUT2D eigenvalue weighted by molar-refractivity contribution is -0.113. The predicted octanol–water partition coefficient (Wildman–Crippen LogP) is 4.16. The summed E-state index contributed by atoms with van der Waals surface area (Å²) < 4.78 is 7.92. The van der Waals surface area contributed by atoms with Crippen LogP contribution in [0.1, 0.15) is 22.6 Å². The van der Waals surface area contributed by atoms with Crippen LogP contribution in [-0.4, -0.2) is 31.4 Å². The van der Waals surface area contributed by atoms with Gasteiger partial charge in [-0.3, -0.25) is 9.36 Å². The molecule has 0 fully saturated rings. The highest BCUT2D eigenvalue weighted by Crippen LogP contribution is 2.24. The number of para-hydroxylation sites is 1. The molecule has 0 aliphatic carbocycles. The molecule has 1 aromatic carbocycles. The lowest BCUT2D eigenvalue weighted by Crippen LogP contribution is -2.15. The van der Waals surface area contributed by atoms with E-state index in [2.05, 4.69) is 27.1 Å². The number of hydrogen-bond acceptors (Lipinski definition) is 7. The summed E-state index contributed by atoms with van der Waals surface area (Å²) in [4.78, 5) is 16.4. The van der Waals surface area contributed by atoms with Crippen molar-refractivity contribution in [2.75, 3.05) is 11.1 Å². The molecule has 0 atom stereocenters. The number of nitrogens with zero attached hydrogens (tertiary/aromatic N) is 4. The fraction of sp³-hybridized carbons (Fsp3) is 0.300. The van der Waals surface area contributed by atoms with Crippen LogP contribution in [0.25, 0.3) is 0 Å². The molecule has 1 N–H and O–H groups in total. The highest BCUT2D eigenvalue weighted by atomic mass is 32.2. The first-order valence-electron chi connectivity index (χ1n) is 9.04. The van der Waals surface area contributed by atoms with Crippen molar-refractivity contribution in [2.45, 2.75) is 39.1 Å². The number of carbonyl (C=O) groups is 1. The Bertz CT molecular complexity index is 992. The van der Waals surface area contributed by atoms with Crippen molar-refractivity contribution in [2.24, 2.45) is 0 Å². The molecule has 0 unspecified atom stereocenters. The second-order valence-electron chi connectivity index (χ2n) is 6.44. The quantitative estimate of drug-likeness (QED) is 0.406. The molecule has 1 amide bonds. The van der Waals surface area contributed by atoms with Crippen LogP contribution >= 0.6 is 23.1 Å². The molecular weight excluding hydrogens is 406 g/mol. The molecule has 7 nitrogen and oxygen atoms in total. The summed E-state index contributed by atoms with van der Waals surface area (Å²) in [5.41, 5.74) is 3.03. The Balaban J connectivity index is 1.64. The number of benzene rings is 1. The van der Waals surface area contributed by atoms with E-state index < -0.39 is 0 Å². The standard InChI is InChI=1S/C20H23N5O2S2/c1-5-9-25-16(10-27-18-13(2)7-6-8-14(18)3)23-24-20(25)29-12-17(26)22-19-21-15(4)11-28-19/h5-8,11H,1,9-10,12H2,2-4H3,(H,21,22,26). The highest BCUT2D eigenvalue weighted by Gasteiger charge is 2.15. The number of ether oxygens (including phenoxy) is 1. The average Bonchev–Trinajstić information content (AvgIpc) is 3.26. The van der Waals surface area contributed by atoms with Crippen molar-refractivity contribution in [1.82, 2.24) is 19.7 Å². The lowest BCUT2D eigenvalue weighted by Gasteiger charge is -2.12. The molecule has 2 heterocycles. The van der Waals surface area contributed by atoms with Crippen LogP contribution < -0.4 is 10.1 Å². The summed E-state index contributed by atoms with van der Waals surface area (Å²) in [6, 6.07) is 6.03. The molecule has 0 spiro atoms. The van der Waals surface area contributed by atoms with Crippen LogP contribution in [0.15, 0.2) is 41.4 Å². The lowest BCUT2D eigenvalue weighted by atomic mass is 10.1. The molecule has 0 saturated heterocycles. The van der Waals surface area contributed by atoms with Gasteiger partial charge in [0.05, 0.1) is 11.4 Å². The number of amides is 1. The second kappa shape index (κ2) is 9.71. The third-order valence-corrected chi connectivity index (χ3v) is 5.90. The van der Waals surface area contributed by atoms with Crippen LogP contribution in [0.2, 0.25) is 0 Å². The molecule has 0 saturated carbocycles. The number of aromatic nitrogens is 4. The number of anilines is 1. The molecule has 29 heavy (non-hydrogen) atoms. The summed E-state index contributed by atoms with van der Waals surface area (Å²) >= 11 is 2.73. The van der Waals surface area contributed by atoms with Gasteiger partial charge in [0.1, 0.15) is 12.4 Å². The van der Waals surface area contributed by atoms with E-state index in [1.165, 1.54) is 23.1 Å². The number of nitrogens with one attached hydrogen (secondary N) is 1. The Kier molecular flexibility index (Phi) is 7.05. The third kappa shape index (κ3) is 5.45. The van der Waals surface area contributed by atoms with Crippen LogP contribution in [0.5, 0.6) is 5.75 Å². The zero-order valence-corrected chi connectivity index (χ0v) is 18.3. The fourth-order valence-corrected chi connectivity index (χ4v) is 4.18. The van der Waals surface area contributed by atoms with Crippen LogP contribution in [0.3, 0.4) is 0 Å². The van der Waals surface area contributed by atoms with Gasteiger partial charge < -0.3 is 10.1 Å². The first kappa shape index (κ1) is 21.1. The van der Waals surface area contributed by atoms with Crippen LogP contribution in [0, 0.1) is 20.8 Å². The molecule has 9 heteroatoms. The van der Waals surface area contributed by atoms with Gasteiger partial charge in [0.2, 0.25) is 5.91 Å². The van der Waals surface area contributed by atoms with Gasteiger partial charge >= 0.3 is 0 Å². The topological polar surface area (TPSA) is 81.9 Å². The summed E-state index contributed by atoms with van der Waals surface area (Å²) in [6.07, 6.45) is 1.77.